The summed E-state index contributed by atoms with van der Waals surface area (Å²) in [4.78, 5) is 13.6. The maximum atomic E-state index is 12.4. The lowest BCUT2D eigenvalue weighted by Crippen LogP contribution is -2.14. The van der Waals surface area contributed by atoms with Crippen molar-refractivity contribution in [2.75, 3.05) is 11.1 Å². The largest absolute Gasteiger partial charge is 0.484 e. The number of hydrogen-bond acceptors (Lipinski definition) is 8. The van der Waals surface area contributed by atoms with Gasteiger partial charge in [-0.05, 0) is 68.4 Å². The first-order chi connectivity index (χ1) is 15.0. The van der Waals surface area contributed by atoms with Crippen LogP contribution in [0.2, 0.25) is 0 Å². The smallest absolute Gasteiger partial charge is 0.277 e. The van der Waals surface area contributed by atoms with Gasteiger partial charge in [0.1, 0.15) is 16.8 Å². The Hall–Kier alpha value is -2.83. The Balaban J connectivity index is 1.29. The molecule has 1 aliphatic rings. The number of thiophene rings is 1. The van der Waals surface area contributed by atoms with E-state index in [1.54, 1.807) is 0 Å². The fraction of sp³-hybridized carbons (Fsp3) is 0.364. The van der Waals surface area contributed by atoms with E-state index < -0.39 is 0 Å². The number of benzene rings is 1. The summed E-state index contributed by atoms with van der Waals surface area (Å²) in [5, 5.41) is 21.3. The molecule has 0 fully saturated rings. The van der Waals surface area contributed by atoms with Crippen molar-refractivity contribution in [2.24, 2.45) is 0 Å². The van der Waals surface area contributed by atoms with Crippen molar-refractivity contribution in [1.29, 1.82) is 5.26 Å². The number of nitrogens with one attached hydrogen (secondary N) is 1. The number of nitriles is 1. The van der Waals surface area contributed by atoms with Crippen LogP contribution in [0.3, 0.4) is 0 Å². The van der Waals surface area contributed by atoms with Crippen LogP contribution >= 0.6 is 23.1 Å². The van der Waals surface area contributed by atoms with Crippen LogP contribution in [0.25, 0.3) is 0 Å². The lowest BCUT2D eigenvalue weighted by atomic mass is 9.96. The number of aromatic nitrogens is 2. The number of hydrogen-bond donors (Lipinski definition) is 1. The maximum Gasteiger partial charge on any atom is 0.277 e. The summed E-state index contributed by atoms with van der Waals surface area (Å²) in [6.07, 6.45) is 4.12. The molecule has 1 amide bonds. The summed E-state index contributed by atoms with van der Waals surface area (Å²) in [5.74, 6) is 1.000. The zero-order chi connectivity index (χ0) is 21.8. The van der Waals surface area contributed by atoms with E-state index >= 15 is 0 Å². The summed E-state index contributed by atoms with van der Waals surface area (Å²) >= 11 is 2.67. The van der Waals surface area contributed by atoms with Gasteiger partial charge in [-0.2, -0.15) is 5.26 Å². The topological polar surface area (TPSA) is 101 Å². The van der Waals surface area contributed by atoms with Crippen LogP contribution < -0.4 is 10.1 Å². The molecule has 160 valence electrons. The second-order valence-electron chi connectivity index (χ2n) is 7.36. The minimum absolute atomic E-state index is 0.118. The van der Waals surface area contributed by atoms with E-state index in [0.29, 0.717) is 21.7 Å². The summed E-state index contributed by atoms with van der Waals surface area (Å²) in [6, 6.07) is 8.12. The number of thioether (sulfide) groups is 1. The number of carbonyl (C=O) groups is 1. The summed E-state index contributed by atoms with van der Waals surface area (Å²) in [7, 11) is 0. The number of aryl methyl sites for hydroxylation is 3. The van der Waals surface area contributed by atoms with Crippen molar-refractivity contribution in [3.8, 4) is 11.8 Å². The van der Waals surface area contributed by atoms with Gasteiger partial charge in [-0.15, -0.1) is 21.5 Å². The Labute approximate surface area is 188 Å². The van der Waals surface area contributed by atoms with E-state index in [4.69, 9.17) is 9.15 Å². The molecule has 0 bridgehead atoms. The minimum Gasteiger partial charge on any atom is -0.484 e. The quantitative estimate of drug-likeness (QED) is 0.511. The normalized spacial score (nSPS) is 12.8. The number of carbonyl (C=O) groups excluding carboxylic acids is 1. The maximum absolute atomic E-state index is 12.4. The van der Waals surface area contributed by atoms with E-state index in [-0.39, 0.29) is 18.3 Å². The Morgan fingerprint density at radius 3 is 2.94 bits per heavy atom. The van der Waals surface area contributed by atoms with Gasteiger partial charge in [-0.25, -0.2) is 0 Å². The fourth-order valence-electron chi connectivity index (χ4n) is 3.37. The third-order valence-corrected chi connectivity index (χ3v) is 7.18. The van der Waals surface area contributed by atoms with Crippen LogP contribution in [0, 0.1) is 25.2 Å². The average Bonchev–Trinajstić information content (AvgIpc) is 3.36. The monoisotopic (exact) mass is 454 g/mol. The third-order valence-electron chi connectivity index (χ3n) is 5.15. The van der Waals surface area contributed by atoms with Gasteiger partial charge >= 0.3 is 0 Å². The Kier molecular flexibility index (Phi) is 6.59. The molecule has 31 heavy (non-hydrogen) atoms. The molecule has 0 aliphatic heterocycles. The zero-order valence-electron chi connectivity index (χ0n) is 17.4. The van der Waals surface area contributed by atoms with Crippen molar-refractivity contribution in [3.05, 3.63) is 51.2 Å². The average molecular weight is 455 g/mol. The molecule has 2 aromatic heterocycles. The number of fused-ring (bicyclic) bond motifs is 1. The summed E-state index contributed by atoms with van der Waals surface area (Å²) in [6.45, 7) is 4.23. The van der Waals surface area contributed by atoms with E-state index in [9.17, 15) is 10.1 Å². The van der Waals surface area contributed by atoms with E-state index in [1.807, 2.05) is 32.0 Å². The van der Waals surface area contributed by atoms with Crippen molar-refractivity contribution in [1.82, 2.24) is 10.2 Å². The minimum atomic E-state index is -0.203. The molecular formula is C22H22N4O3S2. The van der Waals surface area contributed by atoms with Crippen LogP contribution in [0.4, 0.5) is 5.00 Å². The Morgan fingerprint density at radius 2 is 2.13 bits per heavy atom. The van der Waals surface area contributed by atoms with E-state index in [0.717, 1.165) is 54.3 Å². The van der Waals surface area contributed by atoms with Gasteiger partial charge in [0, 0.05) is 4.88 Å². The van der Waals surface area contributed by atoms with Crippen molar-refractivity contribution < 1.29 is 13.9 Å². The highest BCUT2D eigenvalue weighted by atomic mass is 32.2. The van der Waals surface area contributed by atoms with Crippen molar-refractivity contribution in [2.45, 2.75) is 51.4 Å². The molecule has 0 unspecified atom stereocenters. The van der Waals surface area contributed by atoms with Gasteiger partial charge in [0.2, 0.25) is 5.91 Å². The Bertz CT molecular complexity index is 1150. The van der Waals surface area contributed by atoms with Crippen LogP contribution in [0.1, 0.15) is 45.9 Å². The van der Waals surface area contributed by atoms with Gasteiger partial charge in [-0.3, -0.25) is 4.79 Å². The lowest BCUT2D eigenvalue weighted by molar-refractivity contribution is -0.113. The number of ether oxygens (including phenoxy) is 1. The first kappa shape index (κ1) is 21.4. The highest BCUT2D eigenvalue weighted by Gasteiger charge is 2.22. The van der Waals surface area contributed by atoms with E-state index in [1.165, 1.54) is 21.8 Å². The first-order valence-electron chi connectivity index (χ1n) is 10.0. The molecular weight excluding hydrogens is 432 g/mol. The molecule has 0 saturated carbocycles. The number of amides is 1. The van der Waals surface area contributed by atoms with Crippen molar-refractivity contribution in [3.63, 3.8) is 0 Å². The van der Waals surface area contributed by atoms with Crippen LogP contribution in [0.5, 0.6) is 5.75 Å². The summed E-state index contributed by atoms with van der Waals surface area (Å²) in [5.41, 5.74) is 4.07. The van der Waals surface area contributed by atoms with Crippen molar-refractivity contribution >= 4 is 34.0 Å². The molecule has 0 saturated heterocycles. The van der Waals surface area contributed by atoms with Crippen LogP contribution in [-0.2, 0) is 24.2 Å². The zero-order valence-corrected chi connectivity index (χ0v) is 19.0. The second kappa shape index (κ2) is 9.54. The number of nitrogens with zero attached hydrogens (tertiary/aromatic N) is 3. The van der Waals surface area contributed by atoms with Gasteiger partial charge in [0.05, 0.1) is 11.3 Å². The first-order valence-corrected chi connectivity index (χ1v) is 11.8. The van der Waals surface area contributed by atoms with Crippen LogP contribution in [0.15, 0.2) is 27.8 Å². The van der Waals surface area contributed by atoms with Crippen LogP contribution in [-0.4, -0.2) is 21.9 Å². The number of rotatable bonds is 7. The lowest BCUT2D eigenvalue weighted by Gasteiger charge is -2.09. The predicted molar refractivity (Wildman–Crippen MR) is 120 cm³/mol. The second-order valence-corrected chi connectivity index (χ2v) is 9.39. The van der Waals surface area contributed by atoms with Gasteiger partial charge in [0.25, 0.3) is 11.1 Å². The highest BCUT2D eigenvalue weighted by molar-refractivity contribution is 7.99. The number of anilines is 1. The van der Waals surface area contributed by atoms with Gasteiger partial charge in [-0.1, -0.05) is 17.8 Å². The highest BCUT2D eigenvalue weighted by Crippen LogP contribution is 2.37. The molecule has 3 aromatic rings. The standard InChI is InChI=1S/C22H22N4O3S2/c1-13-7-8-15(9-14(13)2)28-11-20-25-26-22(29-20)30-12-19(27)24-21-17(10-23)16-5-3-4-6-18(16)31-21/h7-9H,3-6,11-12H2,1-2H3,(H,24,27). The third kappa shape index (κ3) is 5.09. The molecule has 7 nitrogen and oxygen atoms in total. The summed E-state index contributed by atoms with van der Waals surface area (Å²) < 4.78 is 11.3. The fourth-order valence-corrected chi connectivity index (χ4v) is 5.20. The molecule has 4 rings (SSSR count). The Morgan fingerprint density at radius 1 is 1.29 bits per heavy atom. The molecule has 0 spiro atoms. The molecule has 0 atom stereocenters. The molecule has 1 aromatic carbocycles. The molecule has 0 radical (unpaired) electrons. The SMILES string of the molecule is Cc1ccc(OCc2nnc(SCC(=O)Nc3sc4c(c3C#N)CCCC4)o2)cc1C. The van der Waals surface area contributed by atoms with Gasteiger partial charge < -0.3 is 14.5 Å². The van der Waals surface area contributed by atoms with Gasteiger partial charge in [0.15, 0.2) is 6.61 Å². The predicted octanol–water partition coefficient (Wildman–Crippen LogP) is 4.81. The van der Waals surface area contributed by atoms with E-state index in [2.05, 4.69) is 21.6 Å². The molecule has 2 heterocycles. The molecule has 1 aliphatic carbocycles. The molecule has 9 heteroatoms. The molecule has 1 N–H and O–H groups in total.